The number of carbonyl (C=O) groups is 4. The van der Waals surface area contributed by atoms with E-state index in [1.165, 1.54) is 83.5 Å². The first-order valence-corrected chi connectivity index (χ1v) is 26.5. The van der Waals surface area contributed by atoms with Crippen molar-refractivity contribution >= 4 is 42.4 Å². The molecule has 0 spiro atoms. The summed E-state index contributed by atoms with van der Waals surface area (Å²) >= 11 is 0. The quantitative estimate of drug-likeness (QED) is 0.0214. The first kappa shape index (κ1) is 57.1. The second-order valence-electron chi connectivity index (χ2n) is 18.1. The summed E-state index contributed by atoms with van der Waals surface area (Å²) < 4.78 is 29.0. The van der Waals surface area contributed by atoms with Gasteiger partial charge in [-0.05, 0) is 55.0 Å². The first-order valence-electron chi connectivity index (χ1n) is 25.0. The maximum absolute atomic E-state index is 13.2. The number of hydrogen-bond donors (Lipinski definition) is 7. The van der Waals surface area contributed by atoms with E-state index in [4.69, 9.17) is 13.8 Å². The van der Waals surface area contributed by atoms with Gasteiger partial charge in [-0.25, -0.2) is 4.57 Å². The third-order valence-corrected chi connectivity index (χ3v) is 12.7. The average molecular weight is 956 g/mol. The van der Waals surface area contributed by atoms with E-state index in [1.807, 2.05) is 48.5 Å². The highest BCUT2D eigenvalue weighted by molar-refractivity contribution is 7.47. The van der Waals surface area contributed by atoms with E-state index in [0.717, 1.165) is 41.3 Å². The number of aliphatic hydroxyl groups excluding tert-OH is 1. The van der Waals surface area contributed by atoms with Gasteiger partial charge in [0.1, 0.15) is 24.4 Å². The average Bonchev–Trinajstić information content (AvgIpc) is 3.69. The maximum atomic E-state index is 13.2. The minimum absolute atomic E-state index is 0.00632. The second-order valence-corrected chi connectivity index (χ2v) is 19.6. The number of unbranched alkanes of at least 4 members (excludes halogenated alkanes) is 16. The maximum Gasteiger partial charge on any atom is 0.472 e. The Labute approximate surface area is 399 Å². The predicted molar refractivity (Wildman–Crippen MR) is 264 cm³/mol. The Morgan fingerprint density at radius 1 is 0.716 bits per heavy atom. The Bertz CT molecular complexity index is 1910. The molecule has 0 radical (unpaired) electrons. The molecular formula is C51H82N5O10P. The van der Waals surface area contributed by atoms with E-state index >= 15 is 0 Å². The number of aromatic nitrogens is 1. The molecule has 2 aromatic carbocycles. The monoisotopic (exact) mass is 956 g/mol. The number of phosphoric ester groups is 1. The number of rotatable bonds is 38. The van der Waals surface area contributed by atoms with Gasteiger partial charge in [0, 0.05) is 36.6 Å². The Morgan fingerprint density at radius 3 is 1.91 bits per heavy atom. The lowest BCUT2D eigenvalue weighted by Crippen LogP contribution is -2.50. The lowest BCUT2D eigenvalue weighted by atomic mass is 10.0. The van der Waals surface area contributed by atoms with Crippen LogP contribution in [0.4, 0.5) is 0 Å². The van der Waals surface area contributed by atoms with Gasteiger partial charge in [0.25, 0.3) is 0 Å². The second kappa shape index (κ2) is 33.3. The van der Waals surface area contributed by atoms with Gasteiger partial charge < -0.3 is 41.0 Å². The van der Waals surface area contributed by atoms with Crippen LogP contribution in [0.15, 0.2) is 54.7 Å². The molecule has 0 aliphatic heterocycles. The number of benzene rings is 2. The van der Waals surface area contributed by atoms with Crippen molar-refractivity contribution in [2.45, 2.75) is 181 Å². The molecule has 0 saturated carbocycles. The van der Waals surface area contributed by atoms with Gasteiger partial charge in [-0.3, -0.25) is 28.2 Å². The largest absolute Gasteiger partial charge is 0.489 e. The number of amides is 4. The molecule has 67 heavy (non-hydrogen) atoms. The molecule has 4 atom stereocenters. The number of fused-ring (bicyclic) bond motifs is 1. The topological polar surface area (TPSA) is 217 Å². The summed E-state index contributed by atoms with van der Waals surface area (Å²) in [6, 6.07) is 13.2. The van der Waals surface area contributed by atoms with Gasteiger partial charge in [-0.2, -0.15) is 0 Å². The Balaban J connectivity index is 1.36. The third-order valence-electron chi connectivity index (χ3n) is 11.7. The lowest BCUT2D eigenvalue weighted by Gasteiger charge is -2.22. The molecule has 2 unspecified atom stereocenters. The van der Waals surface area contributed by atoms with Gasteiger partial charge >= 0.3 is 7.82 Å². The van der Waals surface area contributed by atoms with E-state index in [-0.39, 0.29) is 50.1 Å². The zero-order valence-corrected chi connectivity index (χ0v) is 41.7. The summed E-state index contributed by atoms with van der Waals surface area (Å²) in [4.78, 5) is 65.8. The number of ether oxygens (including phenoxy) is 1. The van der Waals surface area contributed by atoms with Crippen LogP contribution in [0.5, 0.6) is 5.75 Å². The van der Waals surface area contributed by atoms with Crippen molar-refractivity contribution in [3.8, 4) is 5.75 Å². The molecule has 1 heterocycles. The van der Waals surface area contributed by atoms with Crippen LogP contribution in [-0.2, 0) is 45.8 Å². The zero-order valence-electron chi connectivity index (χ0n) is 40.8. The van der Waals surface area contributed by atoms with Crippen LogP contribution in [0.2, 0.25) is 0 Å². The fourth-order valence-corrected chi connectivity index (χ4v) is 8.44. The molecule has 16 heteroatoms. The predicted octanol–water partition coefficient (Wildman–Crippen LogP) is 9.09. The lowest BCUT2D eigenvalue weighted by molar-refractivity contribution is -0.130. The van der Waals surface area contributed by atoms with Gasteiger partial charge in [-0.15, -0.1) is 0 Å². The molecule has 0 aliphatic rings. The highest BCUT2D eigenvalue weighted by Gasteiger charge is 2.29. The van der Waals surface area contributed by atoms with Crippen molar-refractivity contribution in [3.05, 3.63) is 65.9 Å². The number of hydrogen-bond acceptors (Lipinski definition) is 9. The fourth-order valence-electron chi connectivity index (χ4n) is 7.71. The van der Waals surface area contributed by atoms with Crippen LogP contribution in [-0.4, -0.2) is 83.1 Å². The molecule has 0 saturated heterocycles. The van der Waals surface area contributed by atoms with Gasteiger partial charge in [-0.1, -0.05) is 154 Å². The van der Waals surface area contributed by atoms with Crippen molar-refractivity contribution in [3.63, 3.8) is 0 Å². The molecule has 0 fully saturated rings. The van der Waals surface area contributed by atoms with Crippen molar-refractivity contribution < 1.29 is 47.5 Å². The molecule has 7 N–H and O–H groups in total. The minimum Gasteiger partial charge on any atom is -0.489 e. The molecule has 3 aromatic rings. The summed E-state index contributed by atoms with van der Waals surface area (Å²) in [5.74, 6) is -1.52. The standard InChI is InChI=1S/C51H82N5O10P/c1-5-6-7-8-9-10-11-12-13-14-15-16-17-18-19-20-24-27-47(58)55-46(50(60)52-31-30-40(4)57)38-66-67(62,63)65-33-32-53-51(61)49(39(2)3)56-48(59)34-42-36-54-45-29-28-43(35-44(42)45)64-37-41-25-22-21-23-26-41/h21-23,25-26,28-29,35-36,39-40,46,49,54,57H,5-20,24,27,30-34,37-38H2,1-4H3,(H,52,60)(H,53,61)(H,55,58)(H,56,59)(H,62,63)/t40?,46-,49-/m0/s1. The molecular weight excluding hydrogens is 874 g/mol. The highest BCUT2D eigenvalue weighted by Crippen LogP contribution is 2.43. The molecule has 1 aromatic heterocycles. The molecule has 0 bridgehead atoms. The number of carbonyl (C=O) groups excluding carboxylic acids is 4. The van der Waals surface area contributed by atoms with E-state index in [2.05, 4.69) is 33.2 Å². The Hall–Kier alpha value is -4.27. The van der Waals surface area contributed by atoms with Gasteiger partial charge in [0.05, 0.1) is 25.7 Å². The number of aliphatic hydroxyl groups is 1. The number of nitrogens with one attached hydrogen (secondary N) is 5. The van der Waals surface area contributed by atoms with E-state index in [9.17, 15) is 33.7 Å². The van der Waals surface area contributed by atoms with E-state index in [0.29, 0.717) is 18.8 Å². The molecule has 4 amide bonds. The first-order chi connectivity index (χ1) is 32.3. The van der Waals surface area contributed by atoms with Crippen LogP contribution >= 0.6 is 7.82 Å². The summed E-state index contributed by atoms with van der Waals surface area (Å²) in [6.45, 7) is 6.69. The Kier molecular flexibility index (Phi) is 28.3. The number of H-pyrrole nitrogens is 1. The normalized spacial score (nSPS) is 13.7. The summed E-state index contributed by atoms with van der Waals surface area (Å²) in [7, 11) is -4.73. The SMILES string of the molecule is CCCCCCCCCCCCCCCCCCCC(=O)N[C@@H](COP(=O)(O)OCCNC(=O)[C@@H](NC(=O)Cc1c[nH]c2ccc(OCc3ccccc3)cc12)C(C)C)C(=O)NCCC(C)O. The molecule has 376 valence electrons. The number of aromatic amines is 1. The summed E-state index contributed by atoms with van der Waals surface area (Å²) in [5.41, 5.74) is 2.60. The van der Waals surface area contributed by atoms with Crippen LogP contribution < -0.4 is 26.0 Å². The molecule has 0 aliphatic carbocycles. The Morgan fingerprint density at radius 2 is 1.31 bits per heavy atom. The highest BCUT2D eigenvalue weighted by atomic mass is 31.2. The fraction of sp³-hybridized carbons (Fsp3) is 0.647. The summed E-state index contributed by atoms with van der Waals surface area (Å²) in [5, 5.41) is 21.1. The van der Waals surface area contributed by atoms with Crippen LogP contribution in [0.1, 0.15) is 161 Å². The third kappa shape index (κ3) is 25.1. The van der Waals surface area contributed by atoms with E-state index in [1.54, 1.807) is 27.0 Å². The van der Waals surface area contributed by atoms with Crippen molar-refractivity contribution in [2.24, 2.45) is 5.92 Å². The van der Waals surface area contributed by atoms with E-state index < -0.39 is 51.0 Å². The molecule has 15 nitrogen and oxygen atoms in total. The van der Waals surface area contributed by atoms with Gasteiger partial charge in [0.2, 0.25) is 23.6 Å². The number of phosphoric acid groups is 1. The minimum atomic E-state index is -4.73. The van der Waals surface area contributed by atoms with Crippen molar-refractivity contribution in [1.82, 2.24) is 26.3 Å². The van der Waals surface area contributed by atoms with Crippen LogP contribution in [0.25, 0.3) is 10.9 Å². The van der Waals surface area contributed by atoms with Crippen LogP contribution in [0, 0.1) is 5.92 Å². The van der Waals surface area contributed by atoms with Gasteiger partial charge in [0.15, 0.2) is 0 Å². The van der Waals surface area contributed by atoms with Crippen molar-refractivity contribution in [2.75, 3.05) is 26.3 Å². The zero-order chi connectivity index (χ0) is 48.7. The molecule has 3 rings (SSSR count). The summed E-state index contributed by atoms with van der Waals surface area (Å²) in [6.07, 6.45) is 22.4. The van der Waals surface area contributed by atoms with Crippen LogP contribution in [0.3, 0.4) is 0 Å². The smallest absolute Gasteiger partial charge is 0.472 e. The van der Waals surface area contributed by atoms with Crippen molar-refractivity contribution in [1.29, 1.82) is 0 Å².